The molecule has 2 amide bonds. The van der Waals surface area contributed by atoms with E-state index in [1.807, 2.05) is 30.5 Å². The molecule has 29 heavy (non-hydrogen) atoms. The topological polar surface area (TPSA) is 97.6 Å². The van der Waals surface area contributed by atoms with E-state index < -0.39 is 0 Å². The lowest BCUT2D eigenvalue weighted by Gasteiger charge is -2.16. The van der Waals surface area contributed by atoms with Crippen LogP contribution in [0.1, 0.15) is 11.6 Å². The van der Waals surface area contributed by atoms with E-state index in [4.69, 9.17) is 0 Å². The van der Waals surface area contributed by atoms with E-state index in [0.717, 1.165) is 16.8 Å². The third kappa shape index (κ3) is 3.20. The lowest BCUT2D eigenvalue weighted by molar-refractivity contribution is 0.251. The summed E-state index contributed by atoms with van der Waals surface area (Å²) in [5.74, 6) is 0.577. The van der Waals surface area contributed by atoms with Gasteiger partial charge in [0.1, 0.15) is 0 Å². The zero-order valence-corrected chi connectivity index (χ0v) is 15.4. The lowest BCUT2D eigenvalue weighted by Crippen LogP contribution is -2.33. The molecule has 4 aromatic rings. The summed E-state index contributed by atoms with van der Waals surface area (Å²) >= 11 is 0. The Bertz CT molecular complexity index is 1160. The molecule has 8 heteroatoms. The fourth-order valence-electron chi connectivity index (χ4n) is 3.55. The van der Waals surface area contributed by atoms with Crippen LogP contribution in [0.5, 0.6) is 0 Å². The van der Waals surface area contributed by atoms with Crippen LogP contribution in [0.3, 0.4) is 0 Å². The molecule has 2 N–H and O–H groups in total. The number of rotatable bonds is 4. The van der Waals surface area contributed by atoms with Crippen LogP contribution in [0.2, 0.25) is 0 Å². The molecule has 0 bridgehead atoms. The number of aromatic nitrogens is 5. The smallest absolute Gasteiger partial charge is 0.319 e. The van der Waals surface area contributed by atoms with Gasteiger partial charge in [-0.2, -0.15) is 0 Å². The van der Waals surface area contributed by atoms with Crippen molar-refractivity contribution in [1.29, 1.82) is 0 Å². The van der Waals surface area contributed by atoms with Crippen molar-refractivity contribution in [1.82, 2.24) is 29.8 Å². The maximum absolute atomic E-state index is 12.4. The maximum Gasteiger partial charge on any atom is 0.319 e. The first-order chi connectivity index (χ1) is 14.3. The molecule has 8 nitrogen and oxygen atoms in total. The number of imidazole rings is 1. The van der Waals surface area contributed by atoms with Crippen LogP contribution < -0.4 is 10.6 Å². The Hall–Kier alpha value is -4.07. The summed E-state index contributed by atoms with van der Waals surface area (Å²) in [5, 5.41) is 5.70. The predicted molar refractivity (Wildman–Crippen MR) is 108 cm³/mol. The number of nitrogens with one attached hydrogen (secondary N) is 2. The molecule has 1 atom stereocenters. The fourth-order valence-corrected chi connectivity index (χ4v) is 3.55. The number of carbonyl (C=O) groups excluding carboxylic acids is 1. The SMILES string of the molecule is O=C(NCC1c2ccccc2-c2cncn21)Nc1cnc(-c2ccncc2)nc1. The zero-order valence-electron chi connectivity index (χ0n) is 15.4. The van der Waals surface area contributed by atoms with Crippen molar-refractivity contribution in [2.75, 3.05) is 11.9 Å². The van der Waals surface area contributed by atoms with Crippen molar-refractivity contribution in [3.63, 3.8) is 0 Å². The number of anilines is 1. The highest BCUT2D eigenvalue weighted by Crippen LogP contribution is 2.38. The van der Waals surface area contributed by atoms with E-state index in [1.165, 1.54) is 5.56 Å². The number of hydrogen-bond acceptors (Lipinski definition) is 5. The van der Waals surface area contributed by atoms with Gasteiger partial charge in [-0.1, -0.05) is 24.3 Å². The van der Waals surface area contributed by atoms with Crippen LogP contribution in [0.15, 0.2) is 73.7 Å². The number of benzene rings is 1. The van der Waals surface area contributed by atoms with Crippen LogP contribution in [-0.4, -0.2) is 37.1 Å². The van der Waals surface area contributed by atoms with E-state index >= 15 is 0 Å². The fraction of sp³-hybridized carbons (Fsp3) is 0.0952. The summed E-state index contributed by atoms with van der Waals surface area (Å²) in [6, 6.07) is 11.5. The van der Waals surface area contributed by atoms with Crippen LogP contribution in [-0.2, 0) is 0 Å². The van der Waals surface area contributed by atoms with Crippen LogP contribution >= 0.6 is 0 Å². The molecule has 142 valence electrons. The van der Waals surface area contributed by atoms with Crippen LogP contribution in [0.4, 0.5) is 10.5 Å². The van der Waals surface area contributed by atoms with Crippen molar-refractivity contribution in [2.24, 2.45) is 0 Å². The Labute approximate surface area is 166 Å². The van der Waals surface area contributed by atoms with Gasteiger partial charge in [-0.25, -0.2) is 19.7 Å². The molecule has 0 spiro atoms. The van der Waals surface area contributed by atoms with E-state index in [-0.39, 0.29) is 12.1 Å². The molecule has 0 aliphatic carbocycles. The van der Waals surface area contributed by atoms with Gasteiger partial charge in [-0.3, -0.25) is 4.98 Å². The molecule has 0 saturated heterocycles. The number of fused-ring (bicyclic) bond motifs is 3. The first kappa shape index (κ1) is 17.1. The molecule has 4 heterocycles. The average molecular weight is 383 g/mol. The second-order valence-corrected chi connectivity index (χ2v) is 6.66. The van der Waals surface area contributed by atoms with Crippen molar-refractivity contribution in [2.45, 2.75) is 6.04 Å². The van der Waals surface area contributed by atoms with Gasteiger partial charge < -0.3 is 15.2 Å². The largest absolute Gasteiger partial charge is 0.335 e. The highest BCUT2D eigenvalue weighted by Gasteiger charge is 2.28. The lowest BCUT2D eigenvalue weighted by atomic mass is 10.0. The van der Waals surface area contributed by atoms with Gasteiger partial charge in [0.2, 0.25) is 0 Å². The maximum atomic E-state index is 12.4. The third-order valence-corrected chi connectivity index (χ3v) is 4.90. The minimum absolute atomic E-state index is 0.0137. The quantitative estimate of drug-likeness (QED) is 0.564. The molecule has 1 aliphatic rings. The Kier molecular flexibility index (Phi) is 4.21. The highest BCUT2D eigenvalue weighted by molar-refractivity contribution is 5.89. The standard InChI is InChI=1S/C21H17N7O/c29-21(27-15-9-24-20(25-10-15)14-5-7-22-8-6-14)26-12-19-17-4-2-1-3-16(17)18-11-23-13-28(18)19/h1-11,13,19H,12H2,(H2,26,27,29). The minimum Gasteiger partial charge on any atom is -0.335 e. The van der Waals surface area contributed by atoms with Crippen LogP contribution in [0, 0.1) is 0 Å². The molecular formula is C21H17N7O. The van der Waals surface area contributed by atoms with E-state index in [2.05, 4.69) is 47.3 Å². The van der Waals surface area contributed by atoms with Crippen molar-refractivity contribution >= 4 is 11.7 Å². The van der Waals surface area contributed by atoms with E-state index in [0.29, 0.717) is 18.1 Å². The average Bonchev–Trinajstić information content (AvgIpc) is 3.35. The molecule has 5 rings (SSSR count). The van der Waals surface area contributed by atoms with Gasteiger partial charge in [0.15, 0.2) is 5.82 Å². The molecule has 1 aliphatic heterocycles. The summed E-state index contributed by atoms with van der Waals surface area (Å²) < 4.78 is 2.08. The first-order valence-electron chi connectivity index (χ1n) is 9.18. The van der Waals surface area contributed by atoms with Gasteiger partial charge in [-0.05, 0) is 17.7 Å². The molecule has 0 saturated carbocycles. The normalized spacial score (nSPS) is 14.1. The molecule has 0 fully saturated rings. The number of pyridine rings is 1. The zero-order chi connectivity index (χ0) is 19.6. The molecule has 0 radical (unpaired) electrons. The van der Waals surface area contributed by atoms with Gasteiger partial charge in [0.05, 0.1) is 42.3 Å². The first-order valence-corrected chi connectivity index (χ1v) is 9.18. The third-order valence-electron chi connectivity index (χ3n) is 4.90. The monoisotopic (exact) mass is 383 g/mol. The molecule has 1 aromatic carbocycles. The minimum atomic E-state index is -0.309. The highest BCUT2D eigenvalue weighted by atomic mass is 16.2. The van der Waals surface area contributed by atoms with Crippen molar-refractivity contribution in [3.05, 3.63) is 79.3 Å². The molecule has 1 unspecified atom stereocenters. The summed E-state index contributed by atoms with van der Waals surface area (Å²) in [5.41, 5.74) is 4.78. The summed E-state index contributed by atoms with van der Waals surface area (Å²) in [7, 11) is 0. The van der Waals surface area contributed by atoms with E-state index in [9.17, 15) is 4.79 Å². The van der Waals surface area contributed by atoms with Crippen molar-refractivity contribution in [3.8, 4) is 22.6 Å². The van der Waals surface area contributed by atoms with Crippen molar-refractivity contribution < 1.29 is 4.79 Å². The van der Waals surface area contributed by atoms with E-state index in [1.54, 1.807) is 31.1 Å². The summed E-state index contributed by atoms with van der Waals surface area (Å²) in [4.78, 5) is 29.2. The van der Waals surface area contributed by atoms with Crippen LogP contribution in [0.25, 0.3) is 22.6 Å². The second-order valence-electron chi connectivity index (χ2n) is 6.66. The number of carbonyl (C=O) groups is 1. The van der Waals surface area contributed by atoms with Gasteiger partial charge in [0, 0.05) is 30.1 Å². The van der Waals surface area contributed by atoms with Gasteiger partial charge in [-0.15, -0.1) is 0 Å². The molecular weight excluding hydrogens is 366 g/mol. The number of hydrogen-bond donors (Lipinski definition) is 2. The van der Waals surface area contributed by atoms with Gasteiger partial charge in [0.25, 0.3) is 0 Å². The Morgan fingerprint density at radius 2 is 1.79 bits per heavy atom. The number of urea groups is 1. The number of nitrogens with zero attached hydrogens (tertiary/aromatic N) is 5. The summed E-state index contributed by atoms with van der Waals surface area (Å²) in [6.45, 7) is 0.447. The molecule has 3 aromatic heterocycles. The Morgan fingerprint density at radius 3 is 2.62 bits per heavy atom. The summed E-state index contributed by atoms with van der Waals surface area (Å²) in [6.07, 6.45) is 10.2. The van der Waals surface area contributed by atoms with Gasteiger partial charge >= 0.3 is 6.03 Å². The predicted octanol–water partition coefficient (Wildman–Crippen LogP) is 3.13. The Morgan fingerprint density at radius 1 is 1.00 bits per heavy atom. The number of amides is 2. The second kappa shape index (κ2) is 7.16. The Balaban J connectivity index is 1.24.